The number of rotatable bonds is 9. The van der Waals surface area contributed by atoms with Gasteiger partial charge in [-0.05, 0) is 19.3 Å². The largest absolute Gasteiger partial charge is 0.854 e. The van der Waals surface area contributed by atoms with E-state index in [1.54, 1.807) is 0 Å². The van der Waals surface area contributed by atoms with Crippen molar-refractivity contribution in [2.75, 3.05) is 26.2 Å². The Morgan fingerprint density at radius 3 is 1.52 bits per heavy atom. The van der Waals surface area contributed by atoms with Gasteiger partial charge < -0.3 is 9.59 Å². The van der Waals surface area contributed by atoms with Crippen molar-refractivity contribution in [3.63, 3.8) is 0 Å². The summed E-state index contributed by atoms with van der Waals surface area (Å²) >= 11 is 0. The van der Waals surface area contributed by atoms with Crippen LogP contribution < -0.4 is 5.11 Å². The Morgan fingerprint density at radius 1 is 0.762 bits per heavy atom. The summed E-state index contributed by atoms with van der Waals surface area (Å²) in [7, 11) is 0. The van der Waals surface area contributed by atoms with Gasteiger partial charge in [-0.3, -0.25) is 0 Å². The molecule has 0 amide bonds. The van der Waals surface area contributed by atoms with Gasteiger partial charge in [-0.1, -0.05) is 64.4 Å². The zero-order chi connectivity index (χ0) is 16.0. The maximum atomic E-state index is 9.30. The van der Waals surface area contributed by atoms with E-state index in [4.69, 9.17) is 0 Å². The van der Waals surface area contributed by atoms with E-state index in [1.165, 1.54) is 55.5 Å². The first-order valence-corrected chi connectivity index (χ1v) is 8.65. The first-order chi connectivity index (χ1) is 10.2. The number of benzene rings is 1. The highest BCUT2D eigenvalue weighted by molar-refractivity contribution is 5.13. The monoisotopic (exact) mass is 293 g/mol. The quantitative estimate of drug-likeness (QED) is 0.631. The molecule has 2 heteroatoms. The van der Waals surface area contributed by atoms with Crippen molar-refractivity contribution in [1.82, 2.24) is 0 Å². The molecule has 0 fully saturated rings. The van der Waals surface area contributed by atoms with Crippen molar-refractivity contribution in [2.24, 2.45) is 0 Å². The standard InChI is InChI=1S/C16H28N.C3H7O/c1-4-12-17(13-5-2,14-6-3)15-16-10-8-7-9-11-16;1-2-3-4/h7-11H,4-6,12-15H2,1-3H3;2-3H2,1H3/q+1;-1. The Hall–Kier alpha value is -0.860. The van der Waals surface area contributed by atoms with E-state index in [0.717, 1.165) is 6.42 Å². The Kier molecular flexibility index (Phi) is 12.3. The van der Waals surface area contributed by atoms with Gasteiger partial charge in [0, 0.05) is 5.56 Å². The summed E-state index contributed by atoms with van der Waals surface area (Å²) in [5.74, 6) is 0. The molecular weight excluding hydrogens is 258 g/mol. The second-order valence-corrected chi connectivity index (χ2v) is 5.86. The van der Waals surface area contributed by atoms with Crippen LogP contribution in [0.15, 0.2) is 30.3 Å². The predicted molar refractivity (Wildman–Crippen MR) is 91.0 cm³/mol. The van der Waals surface area contributed by atoms with Gasteiger partial charge in [0.05, 0.1) is 19.6 Å². The molecule has 0 radical (unpaired) electrons. The minimum Gasteiger partial charge on any atom is -0.854 e. The van der Waals surface area contributed by atoms with Gasteiger partial charge >= 0.3 is 0 Å². The summed E-state index contributed by atoms with van der Waals surface area (Å²) < 4.78 is 1.27. The number of hydrogen-bond acceptors (Lipinski definition) is 1. The molecule has 0 aliphatic rings. The van der Waals surface area contributed by atoms with E-state index >= 15 is 0 Å². The number of quaternary nitrogens is 1. The molecule has 122 valence electrons. The first kappa shape index (κ1) is 20.1. The van der Waals surface area contributed by atoms with Crippen LogP contribution in [0.5, 0.6) is 0 Å². The molecule has 21 heavy (non-hydrogen) atoms. The van der Waals surface area contributed by atoms with Crippen LogP contribution in [0.25, 0.3) is 0 Å². The Balaban J connectivity index is 0.000000885. The second-order valence-electron chi connectivity index (χ2n) is 5.86. The van der Waals surface area contributed by atoms with E-state index in [2.05, 4.69) is 51.1 Å². The maximum Gasteiger partial charge on any atom is 0.104 e. The highest BCUT2D eigenvalue weighted by atomic mass is 16.2. The fourth-order valence-corrected chi connectivity index (χ4v) is 2.97. The smallest absolute Gasteiger partial charge is 0.104 e. The summed E-state index contributed by atoms with van der Waals surface area (Å²) in [6.45, 7) is 14.0. The van der Waals surface area contributed by atoms with E-state index in [9.17, 15) is 5.11 Å². The van der Waals surface area contributed by atoms with Gasteiger partial charge in [0.25, 0.3) is 0 Å². The molecule has 0 N–H and O–H groups in total. The SMILES string of the molecule is CCC[N+](CCC)(CCC)Cc1ccccc1.CCC[O-]. The number of hydrogen-bond donors (Lipinski definition) is 0. The summed E-state index contributed by atoms with van der Waals surface area (Å²) in [6.07, 6.45) is 4.62. The molecule has 0 atom stereocenters. The average molecular weight is 293 g/mol. The van der Waals surface area contributed by atoms with Crippen molar-refractivity contribution in [1.29, 1.82) is 0 Å². The predicted octanol–water partition coefficient (Wildman–Crippen LogP) is 3.99. The Labute approximate surface area is 132 Å². The summed E-state index contributed by atoms with van der Waals surface area (Å²) in [5, 5.41) is 9.30. The lowest BCUT2D eigenvalue weighted by Crippen LogP contribution is -2.48. The molecular formula is C19H35NO. The van der Waals surface area contributed by atoms with Crippen LogP contribution in [0.2, 0.25) is 0 Å². The van der Waals surface area contributed by atoms with Crippen molar-refractivity contribution in [3.8, 4) is 0 Å². The minimum atomic E-state index is 0.0694. The Bertz CT molecular complexity index is 305. The van der Waals surface area contributed by atoms with E-state index in [1.807, 2.05) is 6.92 Å². The summed E-state index contributed by atoms with van der Waals surface area (Å²) in [4.78, 5) is 0. The first-order valence-electron chi connectivity index (χ1n) is 8.65. The van der Waals surface area contributed by atoms with Gasteiger partial charge in [0.1, 0.15) is 6.54 Å². The fraction of sp³-hybridized carbons (Fsp3) is 0.684. The maximum absolute atomic E-state index is 9.30. The molecule has 0 aliphatic heterocycles. The molecule has 1 rings (SSSR count). The molecule has 1 aromatic rings. The van der Waals surface area contributed by atoms with Gasteiger partial charge in [-0.15, -0.1) is 6.61 Å². The molecule has 0 bridgehead atoms. The van der Waals surface area contributed by atoms with Crippen LogP contribution in [0.1, 0.15) is 58.9 Å². The molecule has 2 nitrogen and oxygen atoms in total. The van der Waals surface area contributed by atoms with Gasteiger partial charge in [-0.2, -0.15) is 0 Å². The van der Waals surface area contributed by atoms with E-state index in [-0.39, 0.29) is 6.61 Å². The molecule has 0 saturated carbocycles. The molecule has 0 aliphatic carbocycles. The lowest BCUT2D eigenvalue weighted by molar-refractivity contribution is -0.941. The highest BCUT2D eigenvalue weighted by Gasteiger charge is 2.24. The minimum absolute atomic E-state index is 0.0694. The van der Waals surface area contributed by atoms with Crippen LogP contribution in [0.4, 0.5) is 0 Å². The van der Waals surface area contributed by atoms with E-state index < -0.39 is 0 Å². The van der Waals surface area contributed by atoms with Crippen LogP contribution in [0.3, 0.4) is 0 Å². The zero-order valence-electron chi connectivity index (χ0n) is 14.6. The Morgan fingerprint density at radius 2 is 1.19 bits per heavy atom. The topological polar surface area (TPSA) is 23.1 Å². The zero-order valence-corrected chi connectivity index (χ0v) is 14.6. The molecule has 0 spiro atoms. The third kappa shape index (κ3) is 8.90. The van der Waals surface area contributed by atoms with Gasteiger partial charge in [-0.25, -0.2) is 0 Å². The summed E-state index contributed by atoms with van der Waals surface area (Å²) in [6, 6.07) is 11.0. The third-order valence-corrected chi connectivity index (χ3v) is 3.66. The van der Waals surface area contributed by atoms with Crippen molar-refractivity contribution in [3.05, 3.63) is 35.9 Å². The van der Waals surface area contributed by atoms with Crippen LogP contribution >= 0.6 is 0 Å². The van der Waals surface area contributed by atoms with Gasteiger partial charge in [0.15, 0.2) is 0 Å². The fourth-order valence-electron chi connectivity index (χ4n) is 2.97. The van der Waals surface area contributed by atoms with Gasteiger partial charge in [0.2, 0.25) is 0 Å². The van der Waals surface area contributed by atoms with Crippen molar-refractivity contribution >= 4 is 0 Å². The van der Waals surface area contributed by atoms with Crippen molar-refractivity contribution < 1.29 is 9.59 Å². The second kappa shape index (κ2) is 12.8. The van der Waals surface area contributed by atoms with E-state index in [0.29, 0.717) is 0 Å². The summed E-state index contributed by atoms with van der Waals surface area (Å²) in [5.41, 5.74) is 1.49. The molecule has 0 heterocycles. The molecule has 0 unspecified atom stereocenters. The van der Waals surface area contributed by atoms with Crippen LogP contribution in [-0.4, -0.2) is 30.7 Å². The number of nitrogens with zero attached hydrogens (tertiary/aromatic N) is 1. The average Bonchev–Trinajstić information content (AvgIpc) is 2.49. The third-order valence-electron chi connectivity index (χ3n) is 3.66. The molecule has 0 aromatic heterocycles. The normalized spacial score (nSPS) is 10.9. The lowest BCUT2D eigenvalue weighted by Gasteiger charge is -2.38. The molecule has 1 aromatic carbocycles. The molecule has 0 saturated heterocycles. The van der Waals surface area contributed by atoms with Crippen molar-refractivity contribution in [2.45, 2.75) is 59.9 Å². The highest BCUT2D eigenvalue weighted by Crippen LogP contribution is 2.17. The van der Waals surface area contributed by atoms with Crippen LogP contribution in [0, 0.1) is 0 Å². The van der Waals surface area contributed by atoms with Crippen LogP contribution in [-0.2, 0) is 6.54 Å². The lowest BCUT2D eigenvalue weighted by atomic mass is 10.1.